The molecule has 1 aliphatic rings. The van der Waals surface area contributed by atoms with E-state index in [2.05, 4.69) is 22.9 Å². The molecule has 1 aliphatic carbocycles. The monoisotopic (exact) mass is 249 g/mol. The molecule has 2 aromatic heterocycles. The lowest BCUT2D eigenvalue weighted by Crippen LogP contribution is -2.08. The summed E-state index contributed by atoms with van der Waals surface area (Å²) in [6.07, 6.45) is 5.20. The van der Waals surface area contributed by atoms with Crippen LogP contribution in [0.15, 0.2) is 22.9 Å². The minimum Gasteiger partial charge on any atom is -0.320 e. The third-order valence-corrected chi connectivity index (χ3v) is 5.25. The fourth-order valence-electron chi connectivity index (χ4n) is 2.28. The molecular formula is C13H15NS2. The van der Waals surface area contributed by atoms with Crippen molar-refractivity contribution in [2.75, 3.05) is 0 Å². The van der Waals surface area contributed by atoms with Crippen LogP contribution in [-0.4, -0.2) is 0 Å². The van der Waals surface area contributed by atoms with Gasteiger partial charge in [0.05, 0.1) is 6.04 Å². The van der Waals surface area contributed by atoms with E-state index in [0.29, 0.717) is 0 Å². The normalized spacial score (nSPS) is 17.1. The average molecular weight is 249 g/mol. The second-order valence-electron chi connectivity index (χ2n) is 4.34. The minimum atomic E-state index is 0.0850. The predicted octanol–water partition coefficient (Wildman–Crippen LogP) is 3.74. The second-order valence-corrected chi connectivity index (χ2v) is 6.29. The molecule has 84 valence electrons. The van der Waals surface area contributed by atoms with Crippen LogP contribution in [0.4, 0.5) is 0 Å². The van der Waals surface area contributed by atoms with Crippen LogP contribution in [0.1, 0.15) is 39.8 Å². The molecule has 0 radical (unpaired) electrons. The molecule has 0 aromatic carbocycles. The molecule has 0 saturated carbocycles. The summed E-state index contributed by atoms with van der Waals surface area (Å²) in [4.78, 5) is 2.91. The van der Waals surface area contributed by atoms with Crippen molar-refractivity contribution in [3.05, 3.63) is 43.8 Å². The Labute approximate surface area is 104 Å². The van der Waals surface area contributed by atoms with E-state index in [1.807, 2.05) is 11.3 Å². The molecule has 0 amide bonds. The van der Waals surface area contributed by atoms with Gasteiger partial charge in [-0.25, -0.2) is 0 Å². The zero-order valence-corrected chi connectivity index (χ0v) is 10.7. The summed E-state index contributed by atoms with van der Waals surface area (Å²) in [7, 11) is 0. The molecule has 2 heterocycles. The van der Waals surface area contributed by atoms with Gasteiger partial charge in [0.15, 0.2) is 0 Å². The lowest BCUT2D eigenvalue weighted by Gasteiger charge is -2.08. The van der Waals surface area contributed by atoms with Crippen LogP contribution in [0.25, 0.3) is 0 Å². The Morgan fingerprint density at radius 2 is 2.12 bits per heavy atom. The highest BCUT2D eigenvalue weighted by molar-refractivity contribution is 7.12. The van der Waals surface area contributed by atoms with Gasteiger partial charge in [-0.05, 0) is 59.7 Å². The van der Waals surface area contributed by atoms with Crippen molar-refractivity contribution in [2.45, 2.75) is 31.7 Å². The summed E-state index contributed by atoms with van der Waals surface area (Å²) in [6.45, 7) is 0. The van der Waals surface area contributed by atoms with Crippen LogP contribution in [-0.2, 0) is 12.8 Å². The number of aryl methyl sites for hydroxylation is 2. The Morgan fingerprint density at radius 3 is 2.88 bits per heavy atom. The van der Waals surface area contributed by atoms with E-state index >= 15 is 0 Å². The van der Waals surface area contributed by atoms with E-state index in [4.69, 9.17) is 5.73 Å². The third-order valence-electron chi connectivity index (χ3n) is 3.22. The third kappa shape index (κ3) is 1.83. The van der Waals surface area contributed by atoms with Gasteiger partial charge in [0.1, 0.15) is 0 Å². The lowest BCUT2D eigenvalue weighted by atomic mass is 9.98. The molecule has 1 nitrogen and oxygen atoms in total. The van der Waals surface area contributed by atoms with Gasteiger partial charge < -0.3 is 5.73 Å². The smallest absolute Gasteiger partial charge is 0.0654 e. The van der Waals surface area contributed by atoms with Crippen molar-refractivity contribution in [3.63, 3.8) is 0 Å². The van der Waals surface area contributed by atoms with Crippen LogP contribution in [0.5, 0.6) is 0 Å². The number of hydrogen-bond acceptors (Lipinski definition) is 3. The van der Waals surface area contributed by atoms with Crippen LogP contribution in [0.2, 0.25) is 0 Å². The van der Waals surface area contributed by atoms with Crippen LogP contribution in [0.3, 0.4) is 0 Å². The highest BCUT2D eigenvalue weighted by Gasteiger charge is 2.17. The molecule has 0 bridgehead atoms. The van der Waals surface area contributed by atoms with Crippen molar-refractivity contribution >= 4 is 22.7 Å². The zero-order chi connectivity index (χ0) is 11.0. The van der Waals surface area contributed by atoms with Gasteiger partial charge in [-0.2, -0.15) is 11.3 Å². The van der Waals surface area contributed by atoms with E-state index < -0.39 is 0 Å². The number of hydrogen-bond donors (Lipinski definition) is 1. The molecule has 0 saturated heterocycles. The van der Waals surface area contributed by atoms with E-state index in [9.17, 15) is 0 Å². The summed E-state index contributed by atoms with van der Waals surface area (Å²) in [5.74, 6) is 0. The van der Waals surface area contributed by atoms with Gasteiger partial charge in [-0.15, -0.1) is 11.3 Å². The zero-order valence-electron chi connectivity index (χ0n) is 9.11. The van der Waals surface area contributed by atoms with Gasteiger partial charge in [0.2, 0.25) is 0 Å². The van der Waals surface area contributed by atoms with Crippen LogP contribution < -0.4 is 5.73 Å². The van der Waals surface area contributed by atoms with Gasteiger partial charge >= 0.3 is 0 Å². The predicted molar refractivity (Wildman–Crippen MR) is 71.3 cm³/mol. The first-order valence-corrected chi connectivity index (χ1v) is 7.49. The van der Waals surface area contributed by atoms with Crippen LogP contribution >= 0.6 is 22.7 Å². The fourth-order valence-corrected chi connectivity index (χ4v) is 4.27. The van der Waals surface area contributed by atoms with Crippen molar-refractivity contribution in [3.8, 4) is 0 Å². The number of thiophene rings is 2. The highest BCUT2D eigenvalue weighted by atomic mass is 32.1. The van der Waals surface area contributed by atoms with Crippen molar-refractivity contribution in [1.82, 2.24) is 0 Å². The molecule has 0 fully saturated rings. The fraction of sp³-hybridized carbons (Fsp3) is 0.385. The number of nitrogens with two attached hydrogens (primary N) is 1. The van der Waals surface area contributed by atoms with Gasteiger partial charge in [0.25, 0.3) is 0 Å². The maximum absolute atomic E-state index is 6.29. The Morgan fingerprint density at radius 1 is 1.25 bits per heavy atom. The second kappa shape index (κ2) is 4.32. The van der Waals surface area contributed by atoms with E-state index in [0.717, 1.165) is 0 Å². The van der Waals surface area contributed by atoms with Crippen molar-refractivity contribution in [2.24, 2.45) is 5.73 Å². The molecule has 0 spiro atoms. The Bertz CT molecular complexity index is 447. The van der Waals surface area contributed by atoms with E-state index in [1.165, 1.54) is 36.1 Å². The number of fused-ring (bicyclic) bond motifs is 1. The lowest BCUT2D eigenvalue weighted by molar-refractivity contribution is 0.696. The molecule has 0 aliphatic heterocycles. The standard InChI is InChI=1S/C13H15NS2/c14-13(10-5-6-15-8-10)12-7-9-3-1-2-4-11(9)16-12/h5-8,13H,1-4,14H2. The molecule has 2 N–H and O–H groups in total. The molecule has 3 heteroatoms. The van der Waals surface area contributed by atoms with Crippen molar-refractivity contribution in [1.29, 1.82) is 0 Å². The summed E-state index contributed by atoms with van der Waals surface area (Å²) in [6, 6.07) is 4.55. The quantitative estimate of drug-likeness (QED) is 0.862. The van der Waals surface area contributed by atoms with E-state index in [1.54, 1.807) is 21.8 Å². The molecule has 1 atom stereocenters. The Hall–Kier alpha value is -0.640. The summed E-state index contributed by atoms with van der Waals surface area (Å²) < 4.78 is 0. The summed E-state index contributed by atoms with van der Waals surface area (Å²) >= 11 is 3.64. The van der Waals surface area contributed by atoms with Gasteiger partial charge in [-0.3, -0.25) is 0 Å². The maximum atomic E-state index is 6.29. The number of rotatable bonds is 2. The Kier molecular flexibility index (Phi) is 2.84. The first kappa shape index (κ1) is 10.5. The van der Waals surface area contributed by atoms with Gasteiger partial charge in [0, 0.05) is 9.75 Å². The average Bonchev–Trinajstić information content (AvgIpc) is 2.97. The molecule has 2 aromatic rings. The largest absolute Gasteiger partial charge is 0.320 e. The summed E-state index contributed by atoms with van der Waals surface area (Å²) in [5, 5.41) is 4.26. The van der Waals surface area contributed by atoms with E-state index in [-0.39, 0.29) is 6.04 Å². The topological polar surface area (TPSA) is 26.0 Å². The molecule has 3 rings (SSSR count). The van der Waals surface area contributed by atoms with Crippen LogP contribution in [0, 0.1) is 0 Å². The molecule has 1 unspecified atom stereocenters. The SMILES string of the molecule is NC(c1ccsc1)c1cc2c(s1)CCCC2. The molecular weight excluding hydrogens is 234 g/mol. The Balaban J connectivity index is 1.92. The highest BCUT2D eigenvalue weighted by Crippen LogP contribution is 2.34. The summed E-state index contributed by atoms with van der Waals surface area (Å²) in [5.41, 5.74) is 9.10. The van der Waals surface area contributed by atoms with Crippen molar-refractivity contribution < 1.29 is 0 Å². The molecule has 16 heavy (non-hydrogen) atoms. The first-order valence-electron chi connectivity index (χ1n) is 5.74. The minimum absolute atomic E-state index is 0.0850. The maximum Gasteiger partial charge on any atom is 0.0654 e. The first-order chi connectivity index (χ1) is 7.84. The van der Waals surface area contributed by atoms with Gasteiger partial charge in [-0.1, -0.05) is 0 Å².